The van der Waals surface area contributed by atoms with Gasteiger partial charge in [-0.2, -0.15) is 0 Å². The minimum atomic E-state index is -0.381. The third kappa shape index (κ3) is 6.07. The van der Waals surface area contributed by atoms with Crippen LogP contribution in [0.15, 0.2) is 31.0 Å². The minimum absolute atomic E-state index is 0.103. The van der Waals surface area contributed by atoms with Crippen molar-refractivity contribution in [2.45, 2.75) is 26.3 Å². The summed E-state index contributed by atoms with van der Waals surface area (Å²) in [4.78, 5) is 24.3. The second kappa shape index (κ2) is 9.58. The molecule has 1 aliphatic heterocycles. The molecule has 0 fully saturated rings. The number of unbranched alkanes of at least 4 members (excludes halogenated alkanes) is 1. The van der Waals surface area contributed by atoms with Gasteiger partial charge in [-0.3, -0.25) is 4.79 Å². The van der Waals surface area contributed by atoms with Crippen molar-refractivity contribution >= 4 is 17.6 Å². The van der Waals surface area contributed by atoms with Crippen molar-refractivity contribution in [2.24, 2.45) is 0 Å². The normalized spacial score (nSPS) is 12.5. The summed E-state index contributed by atoms with van der Waals surface area (Å²) in [6.45, 7) is 5.85. The molecular formula is C16H22FN3O3. The second-order valence-corrected chi connectivity index (χ2v) is 4.94. The molecule has 2 rings (SSSR count). The van der Waals surface area contributed by atoms with Crippen LogP contribution in [0.5, 0.6) is 0 Å². The van der Waals surface area contributed by atoms with Crippen LogP contribution in [0.1, 0.15) is 25.3 Å². The Bertz CT molecular complexity index is 562. The van der Waals surface area contributed by atoms with Crippen LogP contribution < -0.4 is 10.6 Å². The molecule has 1 aromatic carbocycles. The van der Waals surface area contributed by atoms with E-state index in [1.165, 1.54) is 29.3 Å². The average molecular weight is 323 g/mol. The second-order valence-electron chi connectivity index (χ2n) is 4.94. The predicted molar refractivity (Wildman–Crippen MR) is 86.2 cm³/mol. The zero-order valence-electron chi connectivity index (χ0n) is 13.1. The summed E-state index contributed by atoms with van der Waals surface area (Å²) < 4.78 is 13.1. The van der Waals surface area contributed by atoms with Gasteiger partial charge in [-0.15, -0.1) is 0 Å². The fraction of sp³-hybridized carbons (Fsp3) is 0.375. The molecule has 0 atom stereocenters. The van der Waals surface area contributed by atoms with Gasteiger partial charge in [-0.25, -0.2) is 9.18 Å². The number of halogens is 1. The number of carbonyl (C=O) groups is 2. The molecule has 0 saturated heterocycles. The molecule has 1 heterocycles. The van der Waals surface area contributed by atoms with E-state index in [4.69, 9.17) is 5.11 Å². The molecule has 0 spiro atoms. The Morgan fingerprint density at radius 3 is 2.87 bits per heavy atom. The van der Waals surface area contributed by atoms with E-state index in [-0.39, 0.29) is 30.8 Å². The van der Waals surface area contributed by atoms with Gasteiger partial charge in [-0.05, 0) is 36.4 Å². The Morgan fingerprint density at radius 2 is 2.30 bits per heavy atom. The molecular weight excluding hydrogens is 301 g/mol. The van der Waals surface area contributed by atoms with E-state index in [0.29, 0.717) is 17.9 Å². The predicted octanol–water partition coefficient (Wildman–Crippen LogP) is 2.21. The molecule has 1 aliphatic rings. The molecule has 0 aromatic heterocycles. The maximum atomic E-state index is 13.1. The monoisotopic (exact) mass is 323 g/mol. The molecule has 0 unspecified atom stereocenters. The molecule has 0 bridgehead atoms. The largest absolute Gasteiger partial charge is 0.396 e. The van der Waals surface area contributed by atoms with Crippen LogP contribution in [-0.4, -0.2) is 35.1 Å². The summed E-state index contributed by atoms with van der Waals surface area (Å²) in [5.74, 6) is -0.722. The topological polar surface area (TPSA) is 81.7 Å². The molecule has 3 N–H and O–H groups in total. The van der Waals surface area contributed by atoms with E-state index < -0.39 is 0 Å². The number of amides is 3. The van der Waals surface area contributed by atoms with Crippen molar-refractivity contribution < 1.29 is 19.1 Å². The van der Waals surface area contributed by atoms with Crippen molar-refractivity contribution in [2.75, 3.05) is 18.5 Å². The Morgan fingerprint density at radius 1 is 1.57 bits per heavy atom. The van der Waals surface area contributed by atoms with Gasteiger partial charge >= 0.3 is 6.03 Å². The van der Waals surface area contributed by atoms with E-state index in [1.54, 1.807) is 0 Å². The van der Waals surface area contributed by atoms with E-state index in [1.807, 2.05) is 0 Å². The number of aliphatic hydroxyl groups excluding tert-OH is 1. The third-order valence-corrected chi connectivity index (χ3v) is 3.07. The maximum Gasteiger partial charge on any atom is 0.322 e. The fourth-order valence-electron chi connectivity index (χ4n) is 1.91. The van der Waals surface area contributed by atoms with Crippen molar-refractivity contribution in [3.05, 3.63) is 42.4 Å². The first-order valence-corrected chi connectivity index (χ1v) is 7.37. The van der Waals surface area contributed by atoms with E-state index in [0.717, 1.165) is 12.8 Å². The molecule has 7 heteroatoms. The van der Waals surface area contributed by atoms with Gasteiger partial charge in [0, 0.05) is 12.3 Å². The van der Waals surface area contributed by atoms with Crippen LogP contribution in [0.4, 0.5) is 14.9 Å². The Balaban J connectivity index is 0.000000463. The number of carbonyl (C=O) groups excluding carboxylic acids is 2. The lowest BCUT2D eigenvalue weighted by molar-refractivity contribution is -0.120. The summed E-state index contributed by atoms with van der Waals surface area (Å²) in [6, 6.07) is 3.74. The SMILES string of the molecule is C=CNC(=O)CN1Cc2cc(F)ccc2NC1=O.CCCCO. The number of hydrogen-bond acceptors (Lipinski definition) is 3. The summed E-state index contributed by atoms with van der Waals surface area (Å²) in [5, 5.41) is 13.0. The van der Waals surface area contributed by atoms with E-state index in [2.05, 4.69) is 24.1 Å². The smallest absolute Gasteiger partial charge is 0.322 e. The first-order chi connectivity index (χ1) is 11.0. The summed E-state index contributed by atoms with van der Waals surface area (Å²) in [6.07, 6.45) is 3.29. The lowest BCUT2D eigenvalue weighted by Crippen LogP contribution is -2.43. The molecule has 23 heavy (non-hydrogen) atoms. The van der Waals surface area contributed by atoms with E-state index in [9.17, 15) is 14.0 Å². The Hall–Kier alpha value is -2.41. The third-order valence-electron chi connectivity index (χ3n) is 3.07. The number of hydrogen-bond donors (Lipinski definition) is 3. The van der Waals surface area contributed by atoms with Crippen LogP contribution in [0, 0.1) is 5.82 Å². The van der Waals surface area contributed by atoms with Crippen LogP contribution in [0.25, 0.3) is 0 Å². The lowest BCUT2D eigenvalue weighted by Gasteiger charge is -2.28. The first kappa shape index (κ1) is 18.6. The van der Waals surface area contributed by atoms with Crippen LogP contribution in [0.3, 0.4) is 0 Å². The average Bonchev–Trinajstić information content (AvgIpc) is 2.50. The zero-order chi connectivity index (χ0) is 17.2. The van der Waals surface area contributed by atoms with Gasteiger partial charge in [0.25, 0.3) is 0 Å². The highest BCUT2D eigenvalue weighted by Gasteiger charge is 2.24. The van der Waals surface area contributed by atoms with Gasteiger partial charge in [-0.1, -0.05) is 19.9 Å². The number of urea groups is 1. The number of fused-ring (bicyclic) bond motifs is 1. The van der Waals surface area contributed by atoms with Crippen molar-refractivity contribution in [1.82, 2.24) is 10.2 Å². The Labute approximate surface area is 135 Å². The summed E-state index contributed by atoms with van der Waals surface area (Å²) in [5.41, 5.74) is 1.21. The molecule has 126 valence electrons. The molecule has 3 amide bonds. The standard InChI is InChI=1S/C12H12FN3O2.C4H10O/c1-2-14-11(17)7-16-6-8-5-9(13)3-4-10(8)15-12(16)18;1-2-3-4-5/h2-5H,1,6-7H2,(H,14,17)(H,15,18);5H,2-4H2,1H3. The number of rotatable bonds is 5. The molecule has 6 nitrogen and oxygen atoms in total. The molecule has 1 aromatic rings. The number of aliphatic hydroxyl groups is 1. The molecule has 0 aliphatic carbocycles. The van der Waals surface area contributed by atoms with Crippen molar-refractivity contribution in [1.29, 1.82) is 0 Å². The number of nitrogens with zero attached hydrogens (tertiary/aromatic N) is 1. The van der Waals surface area contributed by atoms with Crippen molar-refractivity contribution in [3.63, 3.8) is 0 Å². The summed E-state index contributed by atoms with van der Waals surface area (Å²) >= 11 is 0. The first-order valence-electron chi connectivity index (χ1n) is 7.37. The van der Waals surface area contributed by atoms with Gasteiger partial charge in [0.1, 0.15) is 12.4 Å². The van der Waals surface area contributed by atoms with Gasteiger partial charge in [0.05, 0.1) is 6.54 Å². The summed E-state index contributed by atoms with van der Waals surface area (Å²) in [7, 11) is 0. The van der Waals surface area contributed by atoms with Crippen LogP contribution in [-0.2, 0) is 11.3 Å². The van der Waals surface area contributed by atoms with Crippen LogP contribution >= 0.6 is 0 Å². The van der Waals surface area contributed by atoms with Gasteiger partial charge < -0.3 is 20.6 Å². The van der Waals surface area contributed by atoms with Crippen LogP contribution in [0.2, 0.25) is 0 Å². The van der Waals surface area contributed by atoms with E-state index >= 15 is 0 Å². The lowest BCUT2D eigenvalue weighted by atomic mass is 10.1. The number of benzene rings is 1. The Kier molecular flexibility index (Phi) is 7.76. The number of anilines is 1. The molecule has 0 saturated carbocycles. The maximum absolute atomic E-state index is 13.1. The quantitative estimate of drug-likeness (QED) is 0.777. The highest BCUT2D eigenvalue weighted by molar-refractivity contribution is 5.94. The molecule has 0 radical (unpaired) electrons. The fourth-order valence-corrected chi connectivity index (χ4v) is 1.91. The van der Waals surface area contributed by atoms with Gasteiger partial charge in [0.15, 0.2) is 0 Å². The minimum Gasteiger partial charge on any atom is -0.396 e. The van der Waals surface area contributed by atoms with Gasteiger partial charge in [0.2, 0.25) is 5.91 Å². The number of nitrogens with one attached hydrogen (secondary N) is 2. The zero-order valence-corrected chi connectivity index (χ0v) is 13.1. The highest BCUT2D eigenvalue weighted by Crippen LogP contribution is 2.23. The van der Waals surface area contributed by atoms with Crippen molar-refractivity contribution in [3.8, 4) is 0 Å². The highest BCUT2D eigenvalue weighted by atomic mass is 19.1.